The van der Waals surface area contributed by atoms with Gasteiger partial charge in [0.2, 0.25) is 0 Å². The first-order valence-corrected chi connectivity index (χ1v) is 9.89. The molecule has 3 aromatic carbocycles. The Kier molecular flexibility index (Phi) is 6.13. The van der Waals surface area contributed by atoms with Crippen LogP contribution in [0.1, 0.15) is 5.56 Å². The Morgan fingerprint density at radius 2 is 1.39 bits per heavy atom. The summed E-state index contributed by atoms with van der Waals surface area (Å²) in [6, 6.07) is 27.8. The van der Waals surface area contributed by atoms with E-state index in [1.54, 1.807) is 7.11 Å². The Bertz CT molecular complexity index is 1060. The third-order valence-corrected chi connectivity index (χ3v) is 4.75. The summed E-state index contributed by atoms with van der Waals surface area (Å²) in [6.07, 6.45) is 1.49. The molecule has 0 unspecified atom stereocenters. The Morgan fingerprint density at radius 1 is 0.806 bits per heavy atom. The van der Waals surface area contributed by atoms with E-state index < -0.39 is 0 Å². The highest BCUT2D eigenvalue weighted by Crippen LogP contribution is 2.29. The lowest BCUT2D eigenvalue weighted by atomic mass is 10.2. The molecule has 0 amide bonds. The summed E-state index contributed by atoms with van der Waals surface area (Å²) in [5, 5.41) is 5.22. The number of nitrogens with two attached hydrogens (primary N) is 1. The zero-order valence-corrected chi connectivity index (χ0v) is 17.2. The molecule has 0 spiro atoms. The molecular weight excluding hydrogens is 388 g/mol. The van der Waals surface area contributed by atoms with Crippen molar-refractivity contribution in [1.29, 1.82) is 0 Å². The second-order valence-corrected chi connectivity index (χ2v) is 6.80. The molecule has 0 aliphatic rings. The van der Waals surface area contributed by atoms with Crippen molar-refractivity contribution in [3.63, 3.8) is 0 Å². The van der Waals surface area contributed by atoms with Crippen molar-refractivity contribution in [3.05, 3.63) is 96.8 Å². The molecule has 4 rings (SSSR count). The van der Waals surface area contributed by atoms with Crippen molar-refractivity contribution in [2.24, 2.45) is 0 Å². The van der Waals surface area contributed by atoms with Gasteiger partial charge in [0, 0.05) is 6.54 Å². The van der Waals surface area contributed by atoms with Crippen molar-refractivity contribution in [2.45, 2.75) is 6.54 Å². The molecule has 0 bridgehead atoms. The molecule has 0 radical (unpaired) electrons. The second kappa shape index (κ2) is 9.49. The van der Waals surface area contributed by atoms with Crippen LogP contribution >= 0.6 is 0 Å². The number of hydrazine groups is 1. The summed E-state index contributed by atoms with van der Waals surface area (Å²) in [7, 11) is 1.65. The standard InChI is InChI=1S/C24H24N6O/c1-31-21-14-12-18(13-15-21)16-26-23-22(25)24(28-17-27-23)29-30(19-8-4-2-5-9-19)20-10-6-3-7-11-20/h2-15,17H,16,25H2,1H3,(H2,26,27,28,29). The Morgan fingerprint density at radius 3 is 1.97 bits per heavy atom. The highest BCUT2D eigenvalue weighted by atomic mass is 16.5. The van der Waals surface area contributed by atoms with Gasteiger partial charge >= 0.3 is 0 Å². The monoisotopic (exact) mass is 412 g/mol. The van der Waals surface area contributed by atoms with Crippen LogP contribution in [0.15, 0.2) is 91.3 Å². The Labute approximate surface area is 181 Å². The van der Waals surface area contributed by atoms with Crippen LogP contribution in [0.25, 0.3) is 0 Å². The quantitative estimate of drug-likeness (QED) is 0.357. The number of nitrogens with zero attached hydrogens (tertiary/aromatic N) is 3. The van der Waals surface area contributed by atoms with Gasteiger partial charge in [0.25, 0.3) is 0 Å². The molecular formula is C24H24N6O. The van der Waals surface area contributed by atoms with E-state index in [2.05, 4.69) is 20.7 Å². The first-order valence-electron chi connectivity index (χ1n) is 9.89. The van der Waals surface area contributed by atoms with Gasteiger partial charge in [-0.2, -0.15) is 0 Å². The van der Waals surface area contributed by atoms with Crippen LogP contribution < -0.4 is 26.2 Å². The minimum absolute atomic E-state index is 0.438. The maximum absolute atomic E-state index is 6.40. The number of para-hydroxylation sites is 2. The third-order valence-electron chi connectivity index (χ3n) is 4.75. The molecule has 0 aliphatic heterocycles. The van der Waals surface area contributed by atoms with Crippen LogP contribution in [-0.4, -0.2) is 17.1 Å². The number of hydrogen-bond donors (Lipinski definition) is 3. The van der Waals surface area contributed by atoms with E-state index in [9.17, 15) is 0 Å². The molecule has 0 atom stereocenters. The largest absolute Gasteiger partial charge is 0.497 e. The maximum Gasteiger partial charge on any atom is 0.173 e. The highest BCUT2D eigenvalue weighted by Gasteiger charge is 2.14. The number of anilines is 5. The summed E-state index contributed by atoms with van der Waals surface area (Å²) in [5.74, 6) is 1.90. The molecule has 1 heterocycles. The summed E-state index contributed by atoms with van der Waals surface area (Å²) < 4.78 is 5.20. The van der Waals surface area contributed by atoms with Gasteiger partial charge in [-0.05, 0) is 42.0 Å². The van der Waals surface area contributed by atoms with E-state index in [-0.39, 0.29) is 0 Å². The molecule has 0 saturated heterocycles. The predicted molar refractivity (Wildman–Crippen MR) is 125 cm³/mol. The first-order chi connectivity index (χ1) is 15.2. The average molecular weight is 412 g/mol. The zero-order chi connectivity index (χ0) is 21.5. The van der Waals surface area contributed by atoms with Crippen LogP contribution in [-0.2, 0) is 6.54 Å². The first kappa shape index (κ1) is 20.0. The van der Waals surface area contributed by atoms with E-state index in [1.807, 2.05) is 89.9 Å². The lowest BCUT2D eigenvalue weighted by Gasteiger charge is -2.26. The number of benzene rings is 3. The number of rotatable bonds is 8. The number of nitrogen functional groups attached to an aromatic ring is 1. The molecule has 7 nitrogen and oxygen atoms in total. The fraction of sp³-hybridized carbons (Fsp3) is 0.0833. The Hall–Kier alpha value is -4.26. The van der Waals surface area contributed by atoms with Crippen LogP contribution in [0.3, 0.4) is 0 Å². The summed E-state index contributed by atoms with van der Waals surface area (Å²) in [5.41, 5.74) is 13.2. The van der Waals surface area contributed by atoms with Gasteiger partial charge < -0.3 is 15.8 Å². The molecule has 4 N–H and O–H groups in total. The van der Waals surface area contributed by atoms with Gasteiger partial charge in [0.15, 0.2) is 11.6 Å². The van der Waals surface area contributed by atoms with Gasteiger partial charge in [-0.1, -0.05) is 48.5 Å². The fourth-order valence-corrected chi connectivity index (χ4v) is 3.09. The third kappa shape index (κ3) is 4.84. The number of hydrogen-bond acceptors (Lipinski definition) is 7. The highest BCUT2D eigenvalue weighted by molar-refractivity contribution is 5.77. The molecule has 0 saturated carbocycles. The van der Waals surface area contributed by atoms with Gasteiger partial charge in [-0.3, -0.25) is 10.4 Å². The lowest BCUT2D eigenvalue weighted by molar-refractivity contribution is 0.414. The van der Waals surface area contributed by atoms with Crippen molar-refractivity contribution in [3.8, 4) is 5.75 Å². The second-order valence-electron chi connectivity index (χ2n) is 6.80. The SMILES string of the molecule is COc1ccc(CNc2ncnc(NN(c3ccccc3)c3ccccc3)c2N)cc1. The van der Waals surface area contributed by atoms with E-state index in [4.69, 9.17) is 10.5 Å². The molecule has 1 aromatic heterocycles. The predicted octanol–water partition coefficient (Wildman–Crippen LogP) is 4.84. The average Bonchev–Trinajstić information content (AvgIpc) is 2.84. The minimum atomic E-state index is 0.438. The van der Waals surface area contributed by atoms with E-state index in [1.165, 1.54) is 6.33 Å². The summed E-state index contributed by atoms with van der Waals surface area (Å²) in [4.78, 5) is 8.67. The van der Waals surface area contributed by atoms with Gasteiger partial charge in [0.1, 0.15) is 17.8 Å². The van der Waals surface area contributed by atoms with Crippen molar-refractivity contribution in [1.82, 2.24) is 9.97 Å². The van der Waals surface area contributed by atoms with Gasteiger partial charge in [-0.15, -0.1) is 0 Å². The lowest BCUT2D eigenvalue weighted by Crippen LogP contribution is -2.26. The minimum Gasteiger partial charge on any atom is -0.497 e. The van der Waals surface area contributed by atoms with E-state index >= 15 is 0 Å². The van der Waals surface area contributed by atoms with Crippen molar-refractivity contribution < 1.29 is 4.74 Å². The fourth-order valence-electron chi connectivity index (χ4n) is 3.09. The van der Waals surface area contributed by atoms with Crippen molar-refractivity contribution in [2.75, 3.05) is 28.6 Å². The molecule has 0 fully saturated rings. The topological polar surface area (TPSA) is 88.3 Å². The number of ether oxygens (including phenoxy) is 1. The maximum atomic E-state index is 6.40. The van der Waals surface area contributed by atoms with Crippen LogP contribution in [0.5, 0.6) is 5.75 Å². The van der Waals surface area contributed by atoms with Crippen LogP contribution in [0.4, 0.5) is 28.7 Å². The summed E-state index contributed by atoms with van der Waals surface area (Å²) in [6.45, 7) is 0.575. The van der Waals surface area contributed by atoms with Gasteiger partial charge in [0.05, 0.1) is 18.5 Å². The number of aromatic nitrogens is 2. The van der Waals surface area contributed by atoms with Crippen LogP contribution in [0, 0.1) is 0 Å². The number of methoxy groups -OCH3 is 1. The summed E-state index contributed by atoms with van der Waals surface area (Å²) >= 11 is 0. The molecule has 4 aromatic rings. The normalized spacial score (nSPS) is 10.4. The van der Waals surface area contributed by atoms with Crippen LogP contribution in [0.2, 0.25) is 0 Å². The Balaban J connectivity index is 1.55. The van der Waals surface area contributed by atoms with Gasteiger partial charge in [-0.25, -0.2) is 9.97 Å². The molecule has 7 heteroatoms. The number of nitrogens with one attached hydrogen (secondary N) is 2. The molecule has 31 heavy (non-hydrogen) atoms. The smallest absolute Gasteiger partial charge is 0.173 e. The van der Waals surface area contributed by atoms with E-state index in [0.717, 1.165) is 22.7 Å². The van der Waals surface area contributed by atoms with E-state index in [0.29, 0.717) is 23.9 Å². The zero-order valence-electron chi connectivity index (χ0n) is 17.2. The van der Waals surface area contributed by atoms with Crippen molar-refractivity contribution >= 4 is 28.7 Å². The molecule has 0 aliphatic carbocycles. The molecule has 156 valence electrons.